The van der Waals surface area contributed by atoms with Crippen LogP contribution in [0.15, 0.2) is 36.9 Å². The van der Waals surface area contributed by atoms with Crippen molar-refractivity contribution in [3.8, 4) is 5.69 Å². The minimum atomic E-state index is -4.37. The van der Waals surface area contributed by atoms with Crippen molar-refractivity contribution in [2.75, 3.05) is 0 Å². The second-order valence-electron chi connectivity index (χ2n) is 3.51. The molecule has 0 unspecified atom stereocenters. The number of alkyl halides is 3. The Morgan fingerprint density at radius 2 is 2.06 bits per heavy atom. The first-order chi connectivity index (χ1) is 8.02. The van der Waals surface area contributed by atoms with Gasteiger partial charge in [0.2, 0.25) is 0 Å². The largest absolute Gasteiger partial charge is 0.416 e. The van der Waals surface area contributed by atoms with Crippen molar-refractivity contribution in [3.63, 3.8) is 0 Å². The summed E-state index contributed by atoms with van der Waals surface area (Å²) in [6.07, 6.45) is 0.355. The van der Waals surface area contributed by atoms with E-state index in [1.54, 1.807) is 17.0 Å². The molecule has 0 aliphatic rings. The Morgan fingerprint density at radius 3 is 2.59 bits per heavy atom. The van der Waals surface area contributed by atoms with Gasteiger partial charge in [0.25, 0.3) is 0 Å². The van der Waals surface area contributed by atoms with Gasteiger partial charge in [-0.25, -0.2) is 4.98 Å². The van der Waals surface area contributed by atoms with Crippen molar-refractivity contribution in [2.45, 2.75) is 12.7 Å². The number of nitrogens with zero attached hydrogens (tertiary/aromatic N) is 2. The van der Waals surface area contributed by atoms with E-state index in [9.17, 15) is 13.2 Å². The van der Waals surface area contributed by atoms with Gasteiger partial charge in [-0.3, -0.25) is 0 Å². The first-order valence-corrected chi connectivity index (χ1v) is 4.91. The molecule has 0 fully saturated rings. The number of nitrogens with two attached hydrogens (primary N) is 1. The average molecular weight is 241 g/mol. The number of aromatic nitrogens is 2. The van der Waals surface area contributed by atoms with E-state index in [2.05, 4.69) is 4.98 Å². The zero-order chi connectivity index (χ0) is 12.5. The number of benzene rings is 1. The standard InChI is InChI=1S/C11H10F3N3/c12-11(13,14)10-2-1-9(5-8(10)6-15)17-4-3-16-7-17/h1-5,7H,6,15H2. The van der Waals surface area contributed by atoms with Crippen LogP contribution in [0.25, 0.3) is 5.69 Å². The molecule has 2 rings (SSSR count). The monoisotopic (exact) mass is 241 g/mol. The maximum atomic E-state index is 12.6. The van der Waals surface area contributed by atoms with Crippen LogP contribution in [0.2, 0.25) is 0 Å². The van der Waals surface area contributed by atoms with Crippen LogP contribution in [0.5, 0.6) is 0 Å². The van der Waals surface area contributed by atoms with Crippen molar-refractivity contribution in [2.24, 2.45) is 5.73 Å². The summed E-state index contributed by atoms with van der Waals surface area (Å²) in [6.45, 7) is -0.155. The lowest BCUT2D eigenvalue weighted by Gasteiger charge is -2.13. The predicted molar refractivity (Wildman–Crippen MR) is 56.5 cm³/mol. The van der Waals surface area contributed by atoms with E-state index in [0.29, 0.717) is 5.69 Å². The highest BCUT2D eigenvalue weighted by Gasteiger charge is 2.32. The Balaban J connectivity index is 2.49. The molecule has 1 aromatic heterocycles. The van der Waals surface area contributed by atoms with E-state index in [0.717, 1.165) is 6.07 Å². The summed E-state index contributed by atoms with van der Waals surface area (Å²) in [4.78, 5) is 3.83. The molecule has 6 heteroatoms. The van der Waals surface area contributed by atoms with Gasteiger partial charge in [-0.15, -0.1) is 0 Å². The lowest BCUT2D eigenvalue weighted by molar-refractivity contribution is -0.138. The van der Waals surface area contributed by atoms with Crippen LogP contribution in [0.3, 0.4) is 0 Å². The summed E-state index contributed by atoms with van der Waals surface area (Å²) < 4.78 is 39.5. The summed E-state index contributed by atoms with van der Waals surface area (Å²) in [5, 5.41) is 0. The lowest BCUT2D eigenvalue weighted by Crippen LogP contribution is -2.12. The van der Waals surface area contributed by atoms with Gasteiger partial charge in [0.15, 0.2) is 0 Å². The van der Waals surface area contributed by atoms with Gasteiger partial charge in [-0.05, 0) is 23.8 Å². The van der Waals surface area contributed by atoms with Gasteiger partial charge < -0.3 is 10.3 Å². The van der Waals surface area contributed by atoms with E-state index in [4.69, 9.17) is 5.73 Å². The maximum Gasteiger partial charge on any atom is 0.416 e. The maximum absolute atomic E-state index is 12.6. The lowest BCUT2D eigenvalue weighted by atomic mass is 10.1. The summed E-state index contributed by atoms with van der Waals surface area (Å²) >= 11 is 0. The Hall–Kier alpha value is -1.82. The normalized spacial score (nSPS) is 11.8. The number of rotatable bonds is 2. The third kappa shape index (κ3) is 2.31. The van der Waals surface area contributed by atoms with E-state index in [1.807, 2.05) is 0 Å². The average Bonchev–Trinajstić information content (AvgIpc) is 2.80. The quantitative estimate of drug-likeness (QED) is 0.877. The van der Waals surface area contributed by atoms with E-state index < -0.39 is 11.7 Å². The molecule has 0 aliphatic carbocycles. The molecule has 90 valence electrons. The molecule has 0 atom stereocenters. The molecule has 0 saturated heterocycles. The van der Waals surface area contributed by atoms with Crippen molar-refractivity contribution >= 4 is 0 Å². The predicted octanol–water partition coefficient (Wildman–Crippen LogP) is 2.35. The van der Waals surface area contributed by atoms with Gasteiger partial charge in [-0.1, -0.05) is 0 Å². The fraction of sp³-hybridized carbons (Fsp3) is 0.182. The number of imidazole rings is 1. The summed E-state index contributed by atoms with van der Waals surface area (Å²) in [5.41, 5.74) is 5.33. The van der Waals surface area contributed by atoms with Crippen molar-refractivity contribution in [1.29, 1.82) is 0 Å². The van der Waals surface area contributed by atoms with Crippen molar-refractivity contribution < 1.29 is 13.2 Å². The molecule has 1 heterocycles. The van der Waals surface area contributed by atoms with Crippen LogP contribution in [-0.4, -0.2) is 9.55 Å². The van der Waals surface area contributed by atoms with Crippen LogP contribution in [0.4, 0.5) is 13.2 Å². The molecule has 17 heavy (non-hydrogen) atoms. The molecular formula is C11H10F3N3. The molecule has 0 saturated carbocycles. The Labute approximate surface area is 95.7 Å². The zero-order valence-corrected chi connectivity index (χ0v) is 8.78. The molecule has 2 N–H and O–H groups in total. The minimum Gasteiger partial charge on any atom is -0.326 e. The zero-order valence-electron chi connectivity index (χ0n) is 8.78. The number of hydrogen-bond acceptors (Lipinski definition) is 2. The van der Waals surface area contributed by atoms with Crippen LogP contribution in [0, 0.1) is 0 Å². The van der Waals surface area contributed by atoms with E-state index >= 15 is 0 Å². The highest BCUT2D eigenvalue weighted by atomic mass is 19.4. The first-order valence-electron chi connectivity index (χ1n) is 4.91. The van der Waals surface area contributed by atoms with Gasteiger partial charge in [0.05, 0.1) is 11.9 Å². The van der Waals surface area contributed by atoms with Crippen LogP contribution < -0.4 is 5.73 Å². The van der Waals surface area contributed by atoms with Gasteiger partial charge in [0, 0.05) is 24.6 Å². The van der Waals surface area contributed by atoms with Crippen LogP contribution in [-0.2, 0) is 12.7 Å². The molecule has 2 aromatic rings. The molecule has 0 radical (unpaired) electrons. The third-order valence-corrected chi connectivity index (χ3v) is 2.42. The van der Waals surface area contributed by atoms with E-state index in [-0.39, 0.29) is 12.1 Å². The van der Waals surface area contributed by atoms with Crippen LogP contribution >= 0.6 is 0 Å². The molecule has 0 amide bonds. The first kappa shape index (κ1) is 11.7. The van der Waals surface area contributed by atoms with Crippen molar-refractivity contribution in [1.82, 2.24) is 9.55 Å². The van der Waals surface area contributed by atoms with Gasteiger partial charge >= 0.3 is 6.18 Å². The smallest absolute Gasteiger partial charge is 0.326 e. The molecule has 0 spiro atoms. The summed E-state index contributed by atoms with van der Waals surface area (Å²) in [7, 11) is 0. The molecule has 0 bridgehead atoms. The highest BCUT2D eigenvalue weighted by Crippen LogP contribution is 2.32. The highest BCUT2D eigenvalue weighted by molar-refractivity contribution is 5.41. The van der Waals surface area contributed by atoms with Crippen molar-refractivity contribution in [3.05, 3.63) is 48.0 Å². The molecule has 0 aliphatic heterocycles. The van der Waals surface area contributed by atoms with E-state index in [1.165, 1.54) is 18.5 Å². The van der Waals surface area contributed by atoms with Gasteiger partial charge in [-0.2, -0.15) is 13.2 Å². The summed E-state index contributed by atoms with van der Waals surface area (Å²) in [6, 6.07) is 3.85. The Morgan fingerprint density at radius 1 is 1.29 bits per heavy atom. The second kappa shape index (κ2) is 4.21. The fourth-order valence-corrected chi connectivity index (χ4v) is 1.60. The molecular weight excluding hydrogens is 231 g/mol. The Kier molecular flexibility index (Phi) is 2.89. The molecule has 3 nitrogen and oxygen atoms in total. The number of halogens is 3. The topological polar surface area (TPSA) is 43.8 Å². The number of hydrogen-bond donors (Lipinski definition) is 1. The van der Waals surface area contributed by atoms with Crippen LogP contribution in [0.1, 0.15) is 11.1 Å². The minimum absolute atomic E-state index is 0.0729. The van der Waals surface area contributed by atoms with Gasteiger partial charge in [0.1, 0.15) is 0 Å². The molecule has 1 aromatic carbocycles. The summed E-state index contributed by atoms with van der Waals surface area (Å²) in [5.74, 6) is 0. The Bertz CT molecular complexity index is 503. The third-order valence-electron chi connectivity index (χ3n) is 2.42. The second-order valence-corrected chi connectivity index (χ2v) is 3.51. The SMILES string of the molecule is NCc1cc(-n2ccnc2)ccc1C(F)(F)F. The fourth-order valence-electron chi connectivity index (χ4n) is 1.60.